The van der Waals surface area contributed by atoms with Crippen LogP contribution in [0.2, 0.25) is 0 Å². The second-order valence-corrected chi connectivity index (χ2v) is 4.84. The van der Waals surface area contributed by atoms with Crippen LogP contribution in [0.3, 0.4) is 0 Å². The minimum atomic E-state index is -1.14. The molecular formula is C16H15NO5. The molecule has 1 unspecified atom stereocenters. The minimum absolute atomic E-state index is 0.0122. The summed E-state index contributed by atoms with van der Waals surface area (Å²) in [6.07, 6.45) is 0. The van der Waals surface area contributed by atoms with Crippen LogP contribution in [0, 0.1) is 0 Å². The topological polar surface area (TPSA) is 107 Å². The van der Waals surface area contributed by atoms with Gasteiger partial charge in [0.2, 0.25) is 5.91 Å². The quantitative estimate of drug-likeness (QED) is 0.694. The van der Waals surface area contributed by atoms with Gasteiger partial charge in [-0.25, -0.2) is 4.79 Å². The van der Waals surface area contributed by atoms with Crippen molar-refractivity contribution in [2.24, 2.45) is 0 Å². The lowest BCUT2D eigenvalue weighted by atomic mass is 9.99. The highest BCUT2D eigenvalue weighted by Crippen LogP contribution is 2.27. The van der Waals surface area contributed by atoms with E-state index >= 15 is 0 Å². The fourth-order valence-corrected chi connectivity index (χ4v) is 2.04. The summed E-state index contributed by atoms with van der Waals surface area (Å²) in [5.41, 5.74) is 0.598. The average Bonchev–Trinajstić information content (AvgIpc) is 2.45. The molecule has 1 amide bonds. The summed E-state index contributed by atoms with van der Waals surface area (Å²) < 4.78 is 0. The van der Waals surface area contributed by atoms with E-state index in [0.29, 0.717) is 5.56 Å². The molecule has 0 aromatic heterocycles. The maximum atomic E-state index is 12.2. The summed E-state index contributed by atoms with van der Waals surface area (Å²) in [4.78, 5) is 23.4. The van der Waals surface area contributed by atoms with Crippen LogP contribution in [0.4, 0.5) is 5.69 Å². The Bertz CT molecular complexity index is 706. The Labute approximate surface area is 126 Å². The van der Waals surface area contributed by atoms with E-state index in [1.54, 1.807) is 19.1 Å². The smallest absolute Gasteiger partial charge is 0.337 e. The minimum Gasteiger partial charge on any atom is -0.508 e. The predicted octanol–water partition coefficient (Wildman–Crippen LogP) is 2.54. The summed E-state index contributed by atoms with van der Waals surface area (Å²) in [6.45, 7) is 1.59. The maximum Gasteiger partial charge on any atom is 0.337 e. The van der Waals surface area contributed by atoms with E-state index in [0.717, 1.165) is 6.07 Å². The Balaban J connectivity index is 2.24. The average molecular weight is 301 g/mol. The second-order valence-electron chi connectivity index (χ2n) is 4.84. The molecule has 2 aromatic rings. The van der Waals surface area contributed by atoms with Crippen LogP contribution >= 0.6 is 0 Å². The van der Waals surface area contributed by atoms with Crippen molar-refractivity contribution in [2.45, 2.75) is 12.8 Å². The van der Waals surface area contributed by atoms with Crippen molar-refractivity contribution in [2.75, 3.05) is 5.32 Å². The molecule has 114 valence electrons. The molecule has 0 aliphatic rings. The number of phenols is 2. The van der Waals surface area contributed by atoms with E-state index in [2.05, 4.69) is 5.32 Å². The molecule has 2 rings (SSSR count). The number of hydrogen-bond donors (Lipinski definition) is 4. The zero-order chi connectivity index (χ0) is 16.3. The van der Waals surface area contributed by atoms with Gasteiger partial charge in [-0.05, 0) is 36.8 Å². The van der Waals surface area contributed by atoms with Crippen LogP contribution in [0.5, 0.6) is 11.5 Å². The van der Waals surface area contributed by atoms with Crippen molar-refractivity contribution < 1.29 is 24.9 Å². The number of carbonyl (C=O) groups excluding carboxylic acids is 1. The number of carboxylic acid groups (broad SMARTS) is 1. The molecular weight excluding hydrogens is 286 g/mol. The Morgan fingerprint density at radius 1 is 1.05 bits per heavy atom. The molecule has 0 saturated heterocycles. The van der Waals surface area contributed by atoms with Gasteiger partial charge >= 0.3 is 5.97 Å². The fourth-order valence-electron chi connectivity index (χ4n) is 2.04. The Kier molecular flexibility index (Phi) is 4.31. The monoisotopic (exact) mass is 301 g/mol. The first kappa shape index (κ1) is 15.4. The van der Waals surface area contributed by atoms with E-state index < -0.39 is 17.8 Å². The molecule has 1 atom stereocenters. The number of rotatable bonds is 4. The number of para-hydroxylation sites is 1. The zero-order valence-corrected chi connectivity index (χ0v) is 11.8. The zero-order valence-electron chi connectivity index (χ0n) is 11.8. The van der Waals surface area contributed by atoms with Crippen LogP contribution in [-0.4, -0.2) is 27.2 Å². The third-order valence-electron chi connectivity index (χ3n) is 3.23. The van der Waals surface area contributed by atoms with E-state index in [1.807, 2.05) is 0 Å². The number of phenolic OH excluding ortho intramolecular Hbond substituents is 2. The number of hydrogen-bond acceptors (Lipinski definition) is 4. The first-order chi connectivity index (χ1) is 10.4. The number of aromatic carboxylic acids is 1. The number of amides is 1. The van der Waals surface area contributed by atoms with Crippen molar-refractivity contribution in [1.29, 1.82) is 0 Å². The highest BCUT2D eigenvalue weighted by atomic mass is 16.4. The number of nitrogens with one attached hydrogen (secondary N) is 1. The first-order valence-corrected chi connectivity index (χ1v) is 6.54. The molecule has 6 heteroatoms. The van der Waals surface area contributed by atoms with E-state index in [1.165, 1.54) is 24.3 Å². The highest BCUT2D eigenvalue weighted by molar-refractivity contribution is 6.02. The van der Waals surface area contributed by atoms with Crippen LogP contribution in [0.15, 0.2) is 42.5 Å². The number of aromatic hydroxyl groups is 2. The molecule has 0 saturated carbocycles. The summed E-state index contributed by atoms with van der Waals surface area (Å²) in [6, 6.07) is 9.97. The molecule has 0 aliphatic heterocycles. The van der Waals surface area contributed by atoms with Gasteiger partial charge in [0.05, 0.1) is 17.2 Å². The third kappa shape index (κ3) is 3.35. The van der Waals surface area contributed by atoms with E-state index in [-0.39, 0.29) is 22.7 Å². The van der Waals surface area contributed by atoms with Gasteiger partial charge in [-0.2, -0.15) is 0 Å². The van der Waals surface area contributed by atoms with Crippen LogP contribution in [0.1, 0.15) is 28.8 Å². The van der Waals surface area contributed by atoms with E-state index in [4.69, 9.17) is 5.11 Å². The molecule has 0 radical (unpaired) electrons. The second kappa shape index (κ2) is 6.17. The predicted molar refractivity (Wildman–Crippen MR) is 80.2 cm³/mol. The number of benzene rings is 2. The van der Waals surface area contributed by atoms with Crippen molar-refractivity contribution in [3.8, 4) is 11.5 Å². The van der Waals surface area contributed by atoms with Gasteiger partial charge in [-0.1, -0.05) is 12.1 Å². The van der Waals surface area contributed by atoms with Crippen molar-refractivity contribution >= 4 is 17.6 Å². The summed E-state index contributed by atoms with van der Waals surface area (Å²) in [5, 5.41) is 30.6. The molecule has 2 aromatic carbocycles. The van der Waals surface area contributed by atoms with Crippen molar-refractivity contribution in [3.05, 3.63) is 53.6 Å². The summed E-state index contributed by atoms with van der Waals surface area (Å²) in [5.74, 6) is -2.57. The Hall–Kier alpha value is -3.02. The largest absolute Gasteiger partial charge is 0.508 e. The molecule has 4 N–H and O–H groups in total. The standard InChI is InChI=1S/C16H15NO5/c1-9(10-6-11(18)8-12(19)7-10)15(20)17-14-5-3-2-4-13(14)16(21)22/h2-9,18-19H,1H3,(H,17,20)(H,21,22). The molecule has 0 spiro atoms. The maximum absolute atomic E-state index is 12.2. The van der Waals surface area contributed by atoms with Crippen molar-refractivity contribution in [1.82, 2.24) is 0 Å². The lowest BCUT2D eigenvalue weighted by Crippen LogP contribution is -2.20. The number of carbonyl (C=O) groups is 2. The van der Waals surface area contributed by atoms with Gasteiger partial charge in [0, 0.05) is 6.07 Å². The lowest BCUT2D eigenvalue weighted by Gasteiger charge is -2.14. The number of carboxylic acids is 1. The normalized spacial score (nSPS) is 11.7. The van der Waals surface area contributed by atoms with Gasteiger partial charge < -0.3 is 20.6 Å². The van der Waals surface area contributed by atoms with Gasteiger partial charge in [-0.15, -0.1) is 0 Å². The van der Waals surface area contributed by atoms with E-state index in [9.17, 15) is 19.8 Å². The van der Waals surface area contributed by atoms with Gasteiger partial charge in [-0.3, -0.25) is 4.79 Å². The fraction of sp³-hybridized carbons (Fsp3) is 0.125. The molecule has 6 nitrogen and oxygen atoms in total. The molecule has 0 bridgehead atoms. The Morgan fingerprint density at radius 3 is 2.23 bits per heavy atom. The van der Waals surface area contributed by atoms with Crippen LogP contribution in [-0.2, 0) is 4.79 Å². The molecule has 0 heterocycles. The van der Waals surface area contributed by atoms with Gasteiger partial charge in [0.15, 0.2) is 0 Å². The van der Waals surface area contributed by atoms with Crippen LogP contribution < -0.4 is 5.32 Å². The summed E-state index contributed by atoms with van der Waals surface area (Å²) in [7, 11) is 0. The highest BCUT2D eigenvalue weighted by Gasteiger charge is 2.19. The third-order valence-corrected chi connectivity index (χ3v) is 3.23. The SMILES string of the molecule is CC(C(=O)Nc1ccccc1C(=O)O)c1cc(O)cc(O)c1. The van der Waals surface area contributed by atoms with Gasteiger partial charge in [0.25, 0.3) is 0 Å². The first-order valence-electron chi connectivity index (χ1n) is 6.54. The lowest BCUT2D eigenvalue weighted by molar-refractivity contribution is -0.117. The number of anilines is 1. The van der Waals surface area contributed by atoms with Crippen molar-refractivity contribution in [3.63, 3.8) is 0 Å². The van der Waals surface area contributed by atoms with Crippen LogP contribution in [0.25, 0.3) is 0 Å². The van der Waals surface area contributed by atoms with Gasteiger partial charge in [0.1, 0.15) is 11.5 Å². The molecule has 22 heavy (non-hydrogen) atoms. The summed E-state index contributed by atoms with van der Waals surface area (Å²) >= 11 is 0. The molecule has 0 aliphatic carbocycles. The molecule has 0 fully saturated rings. The Morgan fingerprint density at radius 2 is 1.64 bits per heavy atom.